The Morgan fingerprint density at radius 3 is 2.22 bits per heavy atom. The van der Waals surface area contributed by atoms with Crippen molar-refractivity contribution in [3.05, 3.63) is 75.8 Å². The lowest BCUT2D eigenvalue weighted by atomic mass is 10.1. The van der Waals surface area contributed by atoms with Gasteiger partial charge in [-0.2, -0.15) is 0 Å². The second-order valence-corrected chi connectivity index (χ2v) is 4.53. The second kappa shape index (κ2) is 5.85. The van der Waals surface area contributed by atoms with Gasteiger partial charge >= 0.3 is 0 Å². The second-order valence-electron chi connectivity index (χ2n) is 3.71. The Kier molecular flexibility index (Phi) is 4.19. The number of hydrogen-bond acceptors (Lipinski definition) is 1. The third-order valence-electron chi connectivity index (χ3n) is 2.43. The van der Waals surface area contributed by atoms with Crippen LogP contribution in [0.15, 0.2) is 59.6 Å². The SMILES string of the molecule is O=C(C(Cl)=Cc1ccccc1)c1ccccc1Cl. The molecule has 0 bridgehead atoms. The third kappa shape index (κ3) is 3.00. The highest BCUT2D eigenvalue weighted by Gasteiger charge is 2.13. The number of benzene rings is 2. The van der Waals surface area contributed by atoms with Crippen LogP contribution in [0.3, 0.4) is 0 Å². The molecule has 0 unspecified atom stereocenters. The molecule has 0 aromatic heterocycles. The zero-order valence-electron chi connectivity index (χ0n) is 9.44. The molecule has 3 heteroatoms. The minimum atomic E-state index is -0.272. The molecule has 0 atom stereocenters. The molecule has 0 N–H and O–H groups in total. The maximum atomic E-state index is 12.1. The fourth-order valence-corrected chi connectivity index (χ4v) is 1.98. The minimum absolute atomic E-state index is 0.148. The summed E-state index contributed by atoms with van der Waals surface area (Å²) in [6, 6.07) is 16.3. The molecular formula is C15H10Cl2O. The first-order valence-corrected chi connectivity index (χ1v) is 6.15. The van der Waals surface area contributed by atoms with E-state index in [2.05, 4.69) is 0 Å². The van der Waals surface area contributed by atoms with Gasteiger partial charge in [-0.25, -0.2) is 0 Å². The van der Waals surface area contributed by atoms with Crippen molar-refractivity contribution in [1.82, 2.24) is 0 Å². The Bertz CT molecular complexity index is 588. The van der Waals surface area contributed by atoms with Gasteiger partial charge in [0.1, 0.15) is 0 Å². The summed E-state index contributed by atoms with van der Waals surface area (Å²) in [5.41, 5.74) is 1.29. The van der Waals surface area contributed by atoms with Crippen molar-refractivity contribution in [3.63, 3.8) is 0 Å². The molecule has 1 nitrogen and oxygen atoms in total. The van der Waals surface area contributed by atoms with Crippen LogP contribution in [-0.2, 0) is 0 Å². The van der Waals surface area contributed by atoms with E-state index in [4.69, 9.17) is 23.2 Å². The number of carbonyl (C=O) groups is 1. The summed E-state index contributed by atoms with van der Waals surface area (Å²) in [7, 11) is 0. The molecule has 0 aliphatic carbocycles. The van der Waals surface area contributed by atoms with Gasteiger partial charge in [0.15, 0.2) is 0 Å². The smallest absolute Gasteiger partial charge is 0.205 e. The average molecular weight is 277 g/mol. The summed E-state index contributed by atoms with van der Waals surface area (Å²) in [4.78, 5) is 12.1. The molecule has 18 heavy (non-hydrogen) atoms. The van der Waals surface area contributed by atoms with Crippen molar-refractivity contribution in [1.29, 1.82) is 0 Å². The fourth-order valence-electron chi connectivity index (χ4n) is 1.54. The fraction of sp³-hybridized carbons (Fsp3) is 0. The van der Waals surface area contributed by atoms with Crippen molar-refractivity contribution in [3.8, 4) is 0 Å². The van der Waals surface area contributed by atoms with Gasteiger partial charge in [-0.3, -0.25) is 4.79 Å². The third-order valence-corrected chi connectivity index (χ3v) is 3.04. The molecule has 0 saturated heterocycles. The lowest BCUT2D eigenvalue weighted by Crippen LogP contribution is -1.99. The number of hydrogen-bond donors (Lipinski definition) is 0. The zero-order valence-corrected chi connectivity index (χ0v) is 10.9. The normalized spacial score (nSPS) is 11.3. The first-order valence-electron chi connectivity index (χ1n) is 5.40. The van der Waals surface area contributed by atoms with Crippen LogP contribution in [-0.4, -0.2) is 5.78 Å². The highest BCUT2D eigenvalue weighted by molar-refractivity contribution is 6.48. The topological polar surface area (TPSA) is 17.1 Å². The lowest BCUT2D eigenvalue weighted by molar-refractivity contribution is 0.104. The predicted molar refractivity (Wildman–Crippen MR) is 76.1 cm³/mol. The standard InChI is InChI=1S/C15H10Cl2O/c16-13-9-5-4-8-12(13)15(18)14(17)10-11-6-2-1-3-7-11/h1-10H. The van der Waals surface area contributed by atoms with Gasteiger partial charge in [-0.1, -0.05) is 65.7 Å². The summed E-state index contributed by atoms with van der Waals surface area (Å²) in [6.45, 7) is 0. The first kappa shape index (κ1) is 12.9. The van der Waals surface area contributed by atoms with E-state index in [1.165, 1.54) is 0 Å². The Labute approximate surface area is 116 Å². The Hall–Kier alpha value is -1.57. The lowest BCUT2D eigenvalue weighted by Gasteiger charge is -2.02. The van der Waals surface area contributed by atoms with Crippen LogP contribution >= 0.6 is 23.2 Å². The van der Waals surface area contributed by atoms with Crippen LogP contribution in [0.4, 0.5) is 0 Å². The van der Waals surface area contributed by atoms with Crippen LogP contribution in [0.1, 0.15) is 15.9 Å². The van der Waals surface area contributed by atoms with Gasteiger partial charge in [-0.15, -0.1) is 0 Å². The van der Waals surface area contributed by atoms with Gasteiger partial charge < -0.3 is 0 Å². The maximum Gasteiger partial charge on any atom is 0.205 e. The zero-order chi connectivity index (χ0) is 13.0. The monoisotopic (exact) mass is 276 g/mol. The summed E-state index contributed by atoms with van der Waals surface area (Å²) in [6.07, 6.45) is 1.63. The van der Waals surface area contributed by atoms with Crippen LogP contribution in [0.2, 0.25) is 5.02 Å². The molecule has 2 aromatic carbocycles. The number of ketones is 1. The molecule has 0 aliphatic heterocycles. The van der Waals surface area contributed by atoms with Crippen LogP contribution in [0.5, 0.6) is 0 Å². The largest absolute Gasteiger partial charge is 0.288 e. The molecule has 0 spiro atoms. The Morgan fingerprint density at radius 2 is 1.56 bits per heavy atom. The van der Waals surface area contributed by atoms with E-state index < -0.39 is 0 Å². The van der Waals surface area contributed by atoms with Gasteiger partial charge in [-0.05, 0) is 23.8 Å². The molecule has 2 aromatic rings. The molecule has 0 heterocycles. The van der Waals surface area contributed by atoms with Gasteiger partial charge in [0.2, 0.25) is 5.78 Å². The molecule has 90 valence electrons. The number of halogens is 2. The molecule has 0 radical (unpaired) electrons. The van der Waals surface area contributed by atoms with E-state index in [0.717, 1.165) is 5.56 Å². The van der Waals surface area contributed by atoms with Gasteiger partial charge in [0.05, 0.1) is 10.1 Å². The van der Waals surface area contributed by atoms with Crippen molar-refractivity contribution in [2.24, 2.45) is 0 Å². The van der Waals surface area contributed by atoms with E-state index in [0.29, 0.717) is 10.6 Å². The summed E-state index contributed by atoms with van der Waals surface area (Å²) < 4.78 is 0. The summed E-state index contributed by atoms with van der Waals surface area (Å²) in [5.74, 6) is -0.272. The summed E-state index contributed by atoms with van der Waals surface area (Å²) in [5, 5.41) is 0.552. The van der Waals surface area contributed by atoms with Crippen molar-refractivity contribution in [2.75, 3.05) is 0 Å². The highest BCUT2D eigenvalue weighted by Crippen LogP contribution is 2.21. The molecule has 0 fully saturated rings. The molecule has 0 aliphatic rings. The summed E-state index contributed by atoms with van der Waals surface area (Å²) >= 11 is 12.0. The molecular weight excluding hydrogens is 267 g/mol. The van der Waals surface area contributed by atoms with Crippen LogP contribution < -0.4 is 0 Å². The molecule has 2 rings (SSSR count). The van der Waals surface area contributed by atoms with Crippen molar-refractivity contribution >= 4 is 35.1 Å². The molecule has 0 saturated carbocycles. The van der Waals surface area contributed by atoms with E-state index in [1.807, 2.05) is 30.3 Å². The van der Waals surface area contributed by atoms with E-state index in [-0.39, 0.29) is 10.8 Å². The predicted octanol–water partition coefficient (Wildman–Crippen LogP) is 4.80. The Balaban J connectivity index is 2.30. The van der Waals surface area contributed by atoms with Gasteiger partial charge in [0, 0.05) is 5.56 Å². The van der Waals surface area contributed by atoms with Crippen LogP contribution in [0, 0.1) is 0 Å². The molecule has 0 amide bonds. The average Bonchev–Trinajstić information content (AvgIpc) is 2.39. The van der Waals surface area contributed by atoms with Crippen molar-refractivity contribution in [2.45, 2.75) is 0 Å². The van der Waals surface area contributed by atoms with E-state index >= 15 is 0 Å². The van der Waals surface area contributed by atoms with Gasteiger partial charge in [0.25, 0.3) is 0 Å². The Morgan fingerprint density at radius 1 is 0.944 bits per heavy atom. The quantitative estimate of drug-likeness (QED) is 0.581. The number of allylic oxidation sites excluding steroid dienone is 1. The maximum absolute atomic E-state index is 12.1. The first-order chi connectivity index (χ1) is 8.68. The number of rotatable bonds is 3. The number of Topliss-reactive ketones (excluding diaryl/α,β-unsaturated/α-hetero) is 1. The highest BCUT2D eigenvalue weighted by atomic mass is 35.5. The minimum Gasteiger partial charge on any atom is -0.288 e. The van der Waals surface area contributed by atoms with Crippen LogP contribution in [0.25, 0.3) is 6.08 Å². The number of carbonyl (C=O) groups excluding carboxylic acids is 1. The van der Waals surface area contributed by atoms with E-state index in [9.17, 15) is 4.79 Å². The van der Waals surface area contributed by atoms with E-state index in [1.54, 1.807) is 30.3 Å². The van der Waals surface area contributed by atoms with Crippen molar-refractivity contribution < 1.29 is 4.79 Å².